The van der Waals surface area contributed by atoms with Crippen molar-refractivity contribution in [1.29, 1.82) is 0 Å². The highest BCUT2D eigenvalue weighted by atomic mass is 35.5. The number of halogens is 1. The van der Waals surface area contributed by atoms with Crippen molar-refractivity contribution in [3.63, 3.8) is 0 Å². The Kier molecular flexibility index (Phi) is 6.24. The molecule has 0 aliphatic heterocycles. The molecule has 0 radical (unpaired) electrons. The molecular formula is C21H25ClN2O4S. The van der Waals surface area contributed by atoms with Crippen molar-refractivity contribution in [3.8, 4) is 0 Å². The summed E-state index contributed by atoms with van der Waals surface area (Å²) in [6.45, 7) is 2.17. The number of rotatable bonds is 8. The fourth-order valence-corrected chi connectivity index (χ4v) is 4.56. The molecule has 3 rings (SSSR count). The highest BCUT2D eigenvalue weighted by Crippen LogP contribution is 2.39. The van der Waals surface area contributed by atoms with E-state index >= 15 is 0 Å². The number of hydrogen-bond donors (Lipinski definition) is 2. The van der Waals surface area contributed by atoms with Crippen LogP contribution in [-0.2, 0) is 20.3 Å². The lowest BCUT2D eigenvalue weighted by Gasteiger charge is -2.39. The molecule has 2 aromatic carbocycles. The molecule has 1 heterocycles. The van der Waals surface area contributed by atoms with Crippen LogP contribution in [0.1, 0.15) is 18.9 Å². The number of anilines is 1. The average molecular weight is 437 g/mol. The van der Waals surface area contributed by atoms with Crippen molar-refractivity contribution in [2.45, 2.75) is 25.0 Å². The van der Waals surface area contributed by atoms with E-state index in [-0.39, 0.29) is 0 Å². The largest absolute Gasteiger partial charge is 0.391 e. The van der Waals surface area contributed by atoms with Crippen LogP contribution in [0.3, 0.4) is 0 Å². The van der Waals surface area contributed by atoms with Crippen LogP contribution < -0.4 is 4.72 Å². The van der Waals surface area contributed by atoms with Crippen LogP contribution >= 0.6 is 11.6 Å². The molecule has 1 aromatic heterocycles. The minimum atomic E-state index is -3.43. The van der Waals surface area contributed by atoms with Crippen LogP contribution in [0.5, 0.6) is 0 Å². The van der Waals surface area contributed by atoms with E-state index in [1.165, 1.54) is 0 Å². The fraction of sp³-hybridized carbons (Fsp3) is 0.333. The van der Waals surface area contributed by atoms with Crippen molar-refractivity contribution >= 4 is 38.2 Å². The number of sulfonamides is 1. The molecule has 8 heteroatoms. The second kappa shape index (κ2) is 8.36. The van der Waals surface area contributed by atoms with Gasteiger partial charge in [-0.05, 0) is 42.8 Å². The molecular weight excluding hydrogens is 412 g/mol. The highest BCUT2D eigenvalue weighted by molar-refractivity contribution is 7.92. The summed E-state index contributed by atoms with van der Waals surface area (Å²) in [5, 5.41) is 12.3. The van der Waals surface area contributed by atoms with Gasteiger partial charge in [-0.15, -0.1) is 0 Å². The highest BCUT2D eigenvalue weighted by Gasteiger charge is 2.39. The molecule has 0 aliphatic rings. The predicted octanol–water partition coefficient (Wildman–Crippen LogP) is 3.83. The third-order valence-electron chi connectivity index (χ3n) is 5.18. The van der Waals surface area contributed by atoms with E-state index in [1.54, 1.807) is 38.3 Å². The smallest absolute Gasteiger partial charge is 0.229 e. The lowest BCUT2D eigenvalue weighted by Crippen LogP contribution is -2.45. The maximum Gasteiger partial charge on any atom is 0.229 e. The number of nitrogens with one attached hydrogen (secondary N) is 1. The zero-order valence-corrected chi connectivity index (χ0v) is 18.2. The van der Waals surface area contributed by atoms with Gasteiger partial charge in [0.15, 0.2) is 0 Å². The summed E-state index contributed by atoms with van der Waals surface area (Å²) in [5.74, 6) is 0. The number of aliphatic hydroxyl groups is 1. The summed E-state index contributed by atoms with van der Waals surface area (Å²) < 4.78 is 33.4. The topological polar surface area (TPSA) is 80.6 Å². The Balaban J connectivity index is 2.27. The van der Waals surface area contributed by atoms with Crippen molar-refractivity contribution in [1.82, 2.24) is 4.57 Å². The Morgan fingerprint density at radius 3 is 2.48 bits per heavy atom. The van der Waals surface area contributed by atoms with Gasteiger partial charge in [-0.1, -0.05) is 29.8 Å². The number of methoxy groups -OCH3 is 1. The SMILES string of the molecule is COCCC(c1ccc(Cl)cc1)(C(C)O)n1ccc2c(NS(C)(=O)=O)cccc21. The number of nitrogens with zero attached hydrogens (tertiary/aromatic N) is 1. The molecule has 0 saturated carbocycles. The zero-order valence-electron chi connectivity index (χ0n) is 16.6. The summed E-state index contributed by atoms with van der Waals surface area (Å²) >= 11 is 6.09. The normalized spacial score (nSPS) is 15.2. The summed E-state index contributed by atoms with van der Waals surface area (Å²) in [7, 11) is -1.80. The Morgan fingerprint density at radius 2 is 1.90 bits per heavy atom. The van der Waals surface area contributed by atoms with Gasteiger partial charge in [0.2, 0.25) is 10.0 Å². The molecule has 2 N–H and O–H groups in total. The first-order valence-corrected chi connectivity index (χ1v) is 11.5. The number of hydrogen-bond acceptors (Lipinski definition) is 4. The van der Waals surface area contributed by atoms with E-state index in [0.29, 0.717) is 23.7 Å². The number of benzene rings is 2. The Labute approximate surface area is 176 Å². The van der Waals surface area contributed by atoms with Crippen molar-refractivity contribution < 1.29 is 18.3 Å². The standard InChI is InChI=1S/C21H25ClN2O4S/c1-15(25)21(12-14-28-2,16-7-9-17(22)10-8-16)24-13-11-18-19(23-29(3,26)27)5-4-6-20(18)24/h4-11,13,15,23,25H,12,14H2,1-3H3. The average Bonchev–Trinajstić information content (AvgIpc) is 3.08. The van der Waals surface area contributed by atoms with Gasteiger partial charge < -0.3 is 14.4 Å². The molecule has 0 saturated heterocycles. The van der Waals surface area contributed by atoms with Crippen LogP contribution in [-0.4, -0.2) is 44.2 Å². The fourth-order valence-electron chi connectivity index (χ4n) is 3.86. The van der Waals surface area contributed by atoms with E-state index < -0.39 is 21.7 Å². The number of fused-ring (bicyclic) bond motifs is 1. The molecule has 3 aromatic rings. The van der Waals surface area contributed by atoms with Crippen molar-refractivity contribution in [3.05, 3.63) is 65.3 Å². The van der Waals surface area contributed by atoms with E-state index in [9.17, 15) is 13.5 Å². The number of aliphatic hydroxyl groups excluding tert-OH is 1. The molecule has 156 valence electrons. The first kappa shape index (κ1) is 21.6. The first-order valence-electron chi connectivity index (χ1n) is 9.20. The zero-order chi connectivity index (χ0) is 21.2. The minimum absolute atomic E-state index is 0.425. The number of ether oxygens (including phenoxy) is 1. The molecule has 2 atom stereocenters. The second-order valence-electron chi connectivity index (χ2n) is 7.15. The van der Waals surface area contributed by atoms with E-state index in [1.807, 2.05) is 35.0 Å². The van der Waals surface area contributed by atoms with Gasteiger partial charge in [-0.3, -0.25) is 4.72 Å². The van der Waals surface area contributed by atoms with Crippen LogP contribution in [0.15, 0.2) is 54.7 Å². The van der Waals surface area contributed by atoms with Crippen LogP contribution in [0.25, 0.3) is 10.9 Å². The molecule has 0 bridgehead atoms. The van der Waals surface area contributed by atoms with E-state index in [0.717, 1.165) is 22.7 Å². The van der Waals surface area contributed by atoms with Crippen LogP contribution in [0, 0.1) is 0 Å². The van der Waals surface area contributed by atoms with E-state index in [2.05, 4.69) is 4.72 Å². The molecule has 0 fully saturated rings. The molecule has 0 amide bonds. The Hall–Kier alpha value is -2.06. The third kappa shape index (κ3) is 4.28. The maximum absolute atomic E-state index is 11.8. The second-order valence-corrected chi connectivity index (χ2v) is 9.33. The quantitative estimate of drug-likeness (QED) is 0.562. The van der Waals surface area contributed by atoms with Crippen LogP contribution in [0.2, 0.25) is 5.02 Å². The summed E-state index contributed by atoms with van der Waals surface area (Å²) in [6.07, 6.45) is 2.74. The lowest BCUT2D eigenvalue weighted by molar-refractivity contribution is 0.0498. The lowest BCUT2D eigenvalue weighted by atomic mass is 9.81. The van der Waals surface area contributed by atoms with Gasteiger partial charge >= 0.3 is 0 Å². The van der Waals surface area contributed by atoms with Gasteiger partial charge in [0, 0.05) is 36.7 Å². The molecule has 6 nitrogen and oxygen atoms in total. The Morgan fingerprint density at radius 1 is 1.21 bits per heavy atom. The minimum Gasteiger partial charge on any atom is -0.391 e. The van der Waals surface area contributed by atoms with Gasteiger partial charge in [0.25, 0.3) is 0 Å². The molecule has 0 spiro atoms. The predicted molar refractivity (Wildman–Crippen MR) is 117 cm³/mol. The molecule has 2 unspecified atom stereocenters. The molecule has 29 heavy (non-hydrogen) atoms. The van der Waals surface area contributed by atoms with Crippen molar-refractivity contribution in [2.24, 2.45) is 0 Å². The summed E-state index contributed by atoms with van der Waals surface area (Å²) in [5.41, 5.74) is 1.34. The third-order valence-corrected chi connectivity index (χ3v) is 6.02. The van der Waals surface area contributed by atoms with Gasteiger partial charge in [0.1, 0.15) is 0 Å². The van der Waals surface area contributed by atoms with E-state index in [4.69, 9.17) is 16.3 Å². The summed E-state index contributed by atoms with van der Waals surface area (Å²) in [6, 6.07) is 14.6. The molecule has 0 aliphatic carbocycles. The van der Waals surface area contributed by atoms with Crippen LogP contribution in [0.4, 0.5) is 5.69 Å². The van der Waals surface area contributed by atoms with Gasteiger partial charge in [-0.25, -0.2) is 8.42 Å². The van der Waals surface area contributed by atoms with Crippen molar-refractivity contribution in [2.75, 3.05) is 24.7 Å². The first-order chi connectivity index (χ1) is 13.7. The van der Waals surface area contributed by atoms with Gasteiger partial charge in [0.05, 0.1) is 29.1 Å². The number of aromatic nitrogens is 1. The monoisotopic (exact) mass is 436 g/mol. The van der Waals surface area contributed by atoms with Gasteiger partial charge in [-0.2, -0.15) is 0 Å². The summed E-state index contributed by atoms with van der Waals surface area (Å²) in [4.78, 5) is 0. The Bertz CT molecular complexity index is 1090. The maximum atomic E-state index is 11.8.